The molecule has 1 aromatic rings. The largest absolute Gasteiger partial charge is 0.349 e. The zero-order valence-corrected chi connectivity index (χ0v) is 14.6. The number of rotatable bonds is 2. The SMILES string of the molecule is O=[N+]([O-])C1CCC(C2=Nn3nncc3CC3CC4OCOC4CC23)CC1. The number of hydrogen-bond donors (Lipinski definition) is 0. The molecule has 3 fully saturated rings. The van der Waals surface area contributed by atoms with Crippen LogP contribution < -0.4 is 0 Å². The number of nitro groups is 1. The van der Waals surface area contributed by atoms with Gasteiger partial charge in [0.1, 0.15) is 6.79 Å². The van der Waals surface area contributed by atoms with Crippen LogP contribution in [0.5, 0.6) is 0 Å². The van der Waals surface area contributed by atoms with Gasteiger partial charge in [-0.3, -0.25) is 10.1 Å². The summed E-state index contributed by atoms with van der Waals surface area (Å²) in [5, 5.41) is 24.1. The molecule has 4 unspecified atom stereocenters. The highest BCUT2D eigenvalue weighted by Gasteiger charge is 2.46. The first-order valence-corrected chi connectivity index (χ1v) is 9.54. The number of ether oxygens (including phenoxy) is 2. The molecular weight excluding hydrogens is 338 g/mol. The predicted molar refractivity (Wildman–Crippen MR) is 90.1 cm³/mol. The van der Waals surface area contributed by atoms with Crippen molar-refractivity contribution in [3.8, 4) is 0 Å². The molecule has 2 saturated carbocycles. The first-order chi connectivity index (χ1) is 12.7. The second-order valence-electron chi connectivity index (χ2n) is 8.00. The molecule has 4 aliphatic rings. The van der Waals surface area contributed by atoms with Crippen LogP contribution >= 0.6 is 0 Å². The molecule has 0 bridgehead atoms. The number of nitrogens with zero attached hydrogens (tertiary/aromatic N) is 5. The van der Waals surface area contributed by atoms with Crippen molar-refractivity contribution in [2.45, 2.75) is 63.2 Å². The lowest BCUT2D eigenvalue weighted by Crippen LogP contribution is -2.43. The maximum absolute atomic E-state index is 11.1. The molecular formula is C17H23N5O4. The summed E-state index contributed by atoms with van der Waals surface area (Å²) in [7, 11) is 0. The fourth-order valence-corrected chi connectivity index (χ4v) is 5.25. The fourth-order valence-electron chi connectivity index (χ4n) is 5.25. The minimum absolute atomic E-state index is 0.127. The van der Waals surface area contributed by atoms with Crippen molar-refractivity contribution in [3.05, 3.63) is 22.0 Å². The summed E-state index contributed by atoms with van der Waals surface area (Å²) in [5.74, 6) is 1.05. The molecule has 0 spiro atoms. The molecule has 0 N–H and O–H groups in total. The van der Waals surface area contributed by atoms with Crippen LogP contribution in [-0.2, 0) is 15.9 Å². The van der Waals surface area contributed by atoms with Gasteiger partial charge >= 0.3 is 0 Å². The van der Waals surface area contributed by atoms with Crippen molar-refractivity contribution in [3.63, 3.8) is 0 Å². The van der Waals surface area contributed by atoms with E-state index in [4.69, 9.17) is 14.6 Å². The summed E-state index contributed by atoms with van der Waals surface area (Å²) in [6, 6.07) is -0.405. The van der Waals surface area contributed by atoms with Gasteiger partial charge in [-0.05, 0) is 49.2 Å². The maximum Gasteiger partial charge on any atom is 0.213 e. The molecule has 0 radical (unpaired) electrons. The van der Waals surface area contributed by atoms with Gasteiger partial charge in [-0.2, -0.15) is 5.10 Å². The Kier molecular flexibility index (Phi) is 4.00. The number of aromatic nitrogens is 3. The zero-order valence-electron chi connectivity index (χ0n) is 14.6. The minimum atomic E-state index is -0.405. The molecule has 9 heteroatoms. The first-order valence-electron chi connectivity index (χ1n) is 9.54. The van der Waals surface area contributed by atoms with E-state index in [1.165, 1.54) is 0 Å². The van der Waals surface area contributed by atoms with Crippen LogP contribution in [-0.4, -0.2) is 50.8 Å². The summed E-state index contributed by atoms with van der Waals surface area (Å²) >= 11 is 0. The van der Waals surface area contributed by atoms with Gasteiger partial charge in [0.15, 0.2) is 0 Å². The number of hydrogen-bond acceptors (Lipinski definition) is 7. The van der Waals surface area contributed by atoms with E-state index in [0.29, 0.717) is 31.5 Å². The monoisotopic (exact) mass is 361 g/mol. The highest BCUT2D eigenvalue weighted by Crippen LogP contribution is 2.43. The van der Waals surface area contributed by atoms with Crippen molar-refractivity contribution < 1.29 is 14.4 Å². The summed E-state index contributed by atoms with van der Waals surface area (Å²) < 4.78 is 11.6. The van der Waals surface area contributed by atoms with Crippen molar-refractivity contribution >= 4 is 5.71 Å². The highest BCUT2D eigenvalue weighted by atomic mass is 16.7. The van der Waals surface area contributed by atoms with E-state index in [-0.39, 0.29) is 23.0 Å². The Labute approximate surface area is 150 Å². The minimum Gasteiger partial charge on any atom is -0.349 e. The Morgan fingerprint density at radius 1 is 1.15 bits per heavy atom. The first kappa shape index (κ1) is 16.3. The van der Waals surface area contributed by atoms with Gasteiger partial charge in [-0.1, -0.05) is 0 Å². The molecule has 0 aromatic carbocycles. The maximum atomic E-state index is 11.1. The van der Waals surface area contributed by atoms with Gasteiger partial charge in [0, 0.05) is 29.4 Å². The van der Waals surface area contributed by atoms with Crippen molar-refractivity contribution in [2.24, 2.45) is 22.9 Å². The van der Waals surface area contributed by atoms with Gasteiger partial charge in [0.25, 0.3) is 0 Å². The Bertz CT molecular complexity index is 726. The van der Waals surface area contributed by atoms with Gasteiger partial charge < -0.3 is 9.47 Å². The fraction of sp³-hybridized carbons (Fsp3) is 0.824. The quantitative estimate of drug-likeness (QED) is 0.586. The van der Waals surface area contributed by atoms with E-state index in [9.17, 15) is 10.1 Å². The molecule has 2 aliphatic heterocycles. The van der Waals surface area contributed by atoms with E-state index in [0.717, 1.165) is 43.5 Å². The predicted octanol–water partition coefficient (Wildman–Crippen LogP) is 1.64. The molecule has 2 aliphatic carbocycles. The summed E-state index contributed by atoms with van der Waals surface area (Å²) in [5.41, 5.74) is 2.18. The molecule has 26 heavy (non-hydrogen) atoms. The van der Waals surface area contributed by atoms with Gasteiger partial charge in [0.05, 0.1) is 24.1 Å². The molecule has 1 saturated heterocycles. The molecule has 4 atom stereocenters. The van der Waals surface area contributed by atoms with Crippen LogP contribution in [0.3, 0.4) is 0 Å². The molecule has 3 heterocycles. The zero-order chi connectivity index (χ0) is 17.7. The Morgan fingerprint density at radius 3 is 2.69 bits per heavy atom. The lowest BCUT2D eigenvalue weighted by Gasteiger charge is -2.39. The topological polar surface area (TPSA) is 105 Å². The van der Waals surface area contributed by atoms with Gasteiger partial charge in [0.2, 0.25) is 6.04 Å². The average molecular weight is 361 g/mol. The summed E-state index contributed by atoms with van der Waals surface area (Å²) in [6.07, 6.45) is 7.78. The second kappa shape index (κ2) is 6.38. The number of fused-ring (bicyclic) bond motifs is 3. The van der Waals surface area contributed by atoms with E-state index < -0.39 is 6.04 Å². The second-order valence-corrected chi connectivity index (χ2v) is 8.00. The summed E-state index contributed by atoms with van der Waals surface area (Å²) in [4.78, 5) is 12.6. The molecule has 5 rings (SSSR count). The Hall–Kier alpha value is -1.87. The van der Waals surface area contributed by atoms with Gasteiger partial charge in [-0.15, -0.1) is 9.89 Å². The van der Waals surface area contributed by atoms with Crippen LogP contribution in [0.25, 0.3) is 0 Å². The van der Waals surface area contributed by atoms with E-state index in [1.54, 1.807) is 11.0 Å². The lowest BCUT2D eigenvalue weighted by atomic mass is 9.68. The molecule has 0 amide bonds. The van der Waals surface area contributed by atoms with Crippen LogP contribution in [0.15, 0.2) is 11.3 Å². The molecule has 1 aromatic heterocycles. The molecule has 140 valence electrons. The van der Waals surface area contributed by atoms with Crippen molar-refractivity contribution in [1.82, 2.24) is 15.1 Å². The summed E-state index contributed by atoms with van der Waals surface area (Å²) in [6.45, 7) is 0.384. The van der Waals surface area contributed by atoms with Crippen LogP contribution in [0.1, 0.15) is 44.2 Å². The van der Waals surface area contributed by atoms with E-state index >= 15 is 0 Å². The van der Waals surface area contributed by atoms with Crippen LogP contribution in [0.4, 0.5) is 0 Å². The lowest BCUT2D eigenvalue weighted by molar-refractivity contribution is -0.526. The van der Waals surface area contributed by atoms with Crippen LogP contribution in [0, 0.1) is 27.9 Å². The third-order valence-corrected chi connectivity index (χ3v) is 6.64. The Morgan fingerprint density at radius 2 is 1.92 bits per heavy atom. The van der Waals surface area contributed by atoms with E-state index in [2.05, 4.69) is 10.3 Å². The van der Waals surface area contributed by atoms with Gasteiger partial charge in [-0.25, -0.2) is 0 Å². The third-order valence-electron chi connectivity index (χ3n) is 6.64. The third kappa shape index (κ3) is 2.73. The smallest absolute Gasteiger partial charge is 0.213 e. The molecule has 9 nitrogen and oxygen atoms in total. The highest BCUT2D eigenvalue weighted by molar-refractivity contribution is 5.89. The van der Waals surface area contributed by atoms with Crippen molar-refractivity contribution in [2.75, 3.05) is 6.79 Å². The Balaban J connectivity index is 1.44. The normalized spacial score (nSPS) is 39.3. The average Bonchev–Trinajstić information content (AvgIpc) is 3.25. The van der Waals surface area contributed by atoms with E-state index in [1.807, 2.05) is 0 Å². The standard InChI is InChI=1S/C17H23N5O4/c23-22(24)12-3-1-10(2-4-12)17-14-7-16-15(25-9-26-16)6-11(14)5-13-8-18-20-21(13)19-17/h8,10-12,14-16H,1-7,9H2. The van der Waals surface area contributed by atoms with Crippen LogP contribution in [0.2, 0.25) is 0 Å². The van der Waals surface area contributed by atoms with Crippen molar-refractivity contribution in [1.29, 1.82) is 0 Å².